The summed E-state index contributed by atoms with van der Waals surface area (Å²) in [6, 6.07) is -0.600. The first-order valence-electron chi connectivity index (χ1n) is 6.42. The van der Waals surface area contributed by atoms with Gasteiger partial charge in [0.1, 0.15) is 18.7 Å². The molecule has 1 heterocycles. The predicted octanol–water partition coefficient (Wildman–Crippen LogP) is 0.803. The van der Waals surface area contributed by atoms with Gasteiger partial charge in [-0.3, -0.25) is 19.8 Å². The number of imide groups is 1. The average Bonchev–Trinajstić information content (AvgIpc) is 2.80. The molecule has 2 fully saturated rings. The largest absolute Gasteiger partial charge is 0.446 e. The quantitative estimate of drug-likeness (QED) is 0.740. The first-order valence-corrected chi connectivity index (χ1v) is 6.42. The molecule has 6 nitrogen and oxygen atoms in total. The molecule has 1 aliphatic carbocycles. The zero-order valence-corrected chi connectivity index (χ0v) is 10.5. The predicted molar refractivity (Wildman–Crippen MR) is 62.7 cm³/mol. The van der Waals surface area contributed by atoms with Crippen molar-refractivity contribution in [1.29, 1.82) is 0 Å². The van der Waals surface area contributed by atoms with Crippen molar-refractivity contribution >= 4 is 17.9 Å². The number of rotatable bonds is 2. The summed E-state index contributed by atoms with van der Waals surface area (Å²) < 4.78 is 5.33. The van der Waals surface area contributed by atoms with Crippen LogP contribution in [0.25, 0.3) is 0 Å². The van der Waals surface area contributed by atoms with Gasteiger partial charge in [-0.25, -0.2) is 4.79 Å². The second-order valence-electron chi connectivity index (χ2n) is 4.75. The van der Waals surface area contributed by atoms with Crippen LogP contribution in [0, 0.1) is 0 Å². The van der Waals surface area contributed by atoms with Crippen molar-refractivity contribution < 1.29 is 19.1 Å². The van der Waals surface area contributed by atoms with Crippen molar-refractivity contribution in [1.82, 2.24) is 10.2 Å². The van der Waals surface area contributed by atoms with E-state index in [9.17, 15) is 14.4 Å². The lowest BCUT2D eigenvalue weighted by atomic mass is 10.1. The van der Waals surface area contributed by atoms with Crippen LogP contribution in [-0.2, 0) is 14.3 Å². The van der Waals surface area contributed by atoms with Gasteiger partial charge in [0.05, 0.1) is 0 Å². The molecule has 6 heteroatoms. The first-order chi connectivity index (χ1) is 8.61. The summed E-state index contributed by atoms with van der Waals surface area (Å²) in [6.45, 7) is 1.70. The zero-order chi connectivity index (χ0) is 13.1. The van der Waals surface area contributed by atoms with Gasteiger partial charge in [0.2, 0.25) is 11.8 Å². The number of nitrogens with zero attached hydrogens (tertiary/aromatic N) is 1. The van der Waals surface area contributed by atoms with Crippen LogP contribution < -0.4 is 5.32 Å². The Labute approximate surface area is 106 Å². The van der Waals surface area contributed by atoms with Crippen molar-refractivity contribution in [3.63, 3.8) is 0 Å². The van der Waals surface area contributed by atoms with E-state index in [0.29, 0.717) is 6.42 Å². The van der Waals surface area contributed by atoms with Crippen molar-refractivity contribution in [2.45, 2.75) is 51.2 Å². The van der Waals surface area contributed by atoms with Gasteiger partial charge in [0.15, 0.2) is 0 Å². The molecule has 0 spiro atoms. The monoisotopic (exact) mass is 254 g/mol. The summed E-state index contributed by atoms with van der Waals surface area (Å²) in [7, 11) is 0. The maximum atomic E-state index is 12.0. The van der Waals surface area contributed by atoms with E-state index in [1.165, 1.54) is 4.90 Å². The average molecular weight is 254 g/mol. The zero-order valence-electron chi connectivity index (χ0n) is 10.5. The smallest absolute Gasteiger partial charge is 0.411 e. The van der Waals surface area contributed by atoms with E-state index in [1.807, 2.05) is 0 Å². The number of ether oxygens (including phenoxy) is 1. The number of carbonyl (C=O) groups excluding carboxylic acids is 3. The Hall–Kier alpha value is -1.59. The highest BCUT2D eigenvalue weighted by Gasteiger charge is 2.37. The molecule has 0 aromatic heterocycles. The van der Waals surface area contributed by atoms with Gasteiger partial charge in [0.25, 0.3) is 0 Å². The van der Waals surface area contributed by atoms with Crippen LogP contribution in [0.2, 0.25) is 0 Å². The third kappa shape index (κ3) is 2.63. The van der Waals surface area contributed by atoms with E-state index in [0.717, 1.165) is 25.7 Å². The highest BCUT2D eigenvalue weighted by Crippen LogP contribution is 2.22. The van der Waals surface area contributed by atoms with E-state index in [1.54, 1.807) is 6.92 Å². The number of nitrogens with one attached hydrogen (secondary N) is 1. The molecule has 1 N–H and O–H groups in total. The van der Waals surface area contributed by atoms with Crippen molar-refractivity contribution in [2.75, 3.05) is 6.54 Å². The fourth-order valence-electron chi connectivity index (χ4n) is 2.48. The first kappa shape index (κ1) is 12.9. The Morgan fingerprint density at radius 2 is 2.06 bits per heavy atom. The summed E-state index contributed by atoms with van der Waals surface area (Å²) in [5.74, 6) is -0.870. The SMILES string of the molecule is CCC1C(=O)NC(=O)CN1C(=O)OC1CCCC1. The lowest BCUT2D eigenvalue weighted by Crippen LogP contribution is -2.59. The molecule has 1 atom stereocenters. The molecule has 0 radical (unpaired) electrons. The van der Waals surface area contributed by atoms with Gasteiger partial charge in [0, 0.05) is 0 Å². The van der Waals surface area contributed by atoms with Gasteiger partial charge in [-0.15, -0.1) is 0 Å². The van der Waals surface area contributed by atoms with Crippen molar-refractivity contribution in [2.24, 2.45) is 0 Å². The number of piperazine rings is 1. The molecular weight excluding hydrogens is 236 g/mol. The van der Waals surface area contributed by atoms with Crippen molar-refractivity contribution in [3.8, 4) is 0 Å². The normalized spacial score (nSPS) is 25.2. The summed E-state index contributed by atoms with van der Waals surface area (Å²) in [5, 5.41) is 2.23. The van der Waals surface area contributed by atoms with Gasteiger partial charge < -0.3 is 4.74 Å². The Kier molecular flexibility index (Phi) is 3.84. The number of amides is 3. The molecule has 1 saturated carbocycles. The molecule has 1 saturated heterocycles. The summed E-state index contributed by atoms with van der Waals surface area (Å²) in [6.07, 6.45) is 3.74. The van der Waals surface area contributed by atoms with Crippen LogP contribution in [0.4, 0.5) is 4.79 Å². The second kappa shape index (κ2) is 5.37. The van der Waals surface area contributed by atoms with E-state index in [4.69, 9.17) is 4.74 Å². The molecule has 0 aromatic rings. The van der Waals surface area contributed by atoms with Crippen LogP contribution in [0.15, 0.2) is 0 Å². The summed E-state index contributed by atoms with van der Waals surface area (Å²) >= 11 is 0. The van der Waals surface area contributed by atoms with Crippen molar-refractivity contribution in [3.05, 3.63) is 0 Å². The fraction of sp³-hybridized carbons (Fsp3) is 0.750. The number of carbonyl (C=O) groups is 3. The molecule has 2 rings (SSSR count). The fourth-order valence-corrected chi connectivity index (χ4v) is 2.48. The van der Waals surface area contributed by atoms with Crippen LogP contribution in [0.1, 0.15) is 39.0 Å². The minimum Gasteiger partial charge on any atom is -0.446 e. The number of hydrogen-bond donors (Lipinski definition) is 1. The van der Waals surface area contributed by atoms with Gasteiger partial charge in [-0.1, -0.05) is 6.92 Å². The van der Waals surface area contributed by atoms with E-state index < -0.39 is 23.9 Å². The Bertz CT molecular complexity index is 363. The van der Waals surface area contributed by atoms with Gasteiger partial charge >= 0.3 is 6.09 Å². The minimum atomic E-state index is -0.600. The van der Waals surface area contributed by atoms with E-state index >= 15 is 0 Å². The van der Waals surface area contributed by atoms with Gasteiger partial charge in [-0.2, -0.15) is 0 Å². The lowest BCUT2D eigenvalue weighted by molar-refractivity contribution is -0.139. The number of hydrogen-bond acceptors (Lipinski definition) is 4. The molecule has 1 aliphatic heterocycles. The maximum Gasteiger partial charge on any atom is 0.411 e. The molecule has 0 bridgehead atoms. The van der Waals surface area contributed by atoms with Crippen LogP contribution in [0.3, 0.4) is 0 Å². The summed E-state index contributed by atoms with van der Waals surface area (Å²) in [5.41, 5.74) is 0. The van der Waals surface area contributed by atoms with Gasteiger partial charge in [-0.05, 0) is 32.1 Å². The standard InChI is InChI=1S/C12H18N2O4/c1-2-9-11(16)13-10(15)7-14(9)12(17)18-8-5-3-4-6-8/h8-9H,2-7H2,1H3,(H,13,15,16). The van der Waals surface area contributed by atoms with Crippen LogP contribution in [-0.4, -0.2) is 41.5 Å². The molecular formula is C12H18N2O4. The topological polar surface area (TPSA) is 75.7 Å². The highest BCUT2D eigenvalue weighted by atomic mass is 16.6. The lowest BCUT2D eigenvalue weighted by Gasteiger charge is -2.33. The van der Waals surface area contributed by atoms with E-state index in [2.05, 4.69) is 5.32 Å². The molecule has 0 aromatic carbocycles. The summed E-state index contributed by atoms with van der Waals surface area (Å²) in [4.78, 5) is 36.1. The second-order valence-corrected chi connectivity index (χ2v) is 4.75. The van der Waals surface area contributed by atoms with E-state index in [-0.39, 0.29) is 12.6 Å². The molecule has 1 unspecified atom stereocenters. The third-order valence-corrected chi connectivity index (χ3v) is 3.45. The molecule has 3 amide bonds. The van der Waals surface area contributed by atoms with Crippen LogP contribution >= 0.6 is 0 Å². The molecule has 100 valence electrons. The third-order valence-electron chi connectivity index (χ3n) is 3.45. The molecule has 2 aliphatic rings. The minimum absolute atomic E-state index is 0.0601. The molecule has 18 heavy (non-hydrogen) atoms. The Morgan fingerprint density at radius 1 is 1.39 bits per heavy atom. The Morgan fingerprint density at radius 3 is 2.67 bits per heavy atom. The maximum absolute atomic E-state index is 12.0. The highest BCUT2D eigenvalue weighted by molar-refractivity contribution is 6.03. The Balaban J connectivity index is 2.01. The van der Waals surface area contributed by atoms with Crippen LogP contribution in [0.5, 0.6) is 0 Å².